The Hall–Kier alpha value is -0.720. The summed E-state index contributed by atoms with van der Waals surface area (Å²) in [7, 11) is 2.08. The third-order valence-corrected chi connectivity index (χ3v) is 1.72. The number of aryl methyl sites for hydroxylation is 3. The normalized spacial score (nSPS) is 10.1. The second-order valence-corrected chi connectivity index (χ2v) is 2.45. The molecular formula is C8H13N. The number of hydrogen-bond donors (Lipinski definition) is 0. The molecule has 0 N–H and O–H groups in total. The molecule has 0 bridgehead atoms. The molecule has 0 aliphatic carbocycles. The third kappa shape index (κ3) is 1.15. The van der Waals surface area contributed by atoms with Gasteiger partial charge in [-0.2, -0.15) is 0 Å². The van der Waals surface area contributed by atoms with Gasteiger partial charge < -0.3 is 4.57 Å². The lowest BCUT2D eigenvalue weighted by atomic mass is 10.2. The highest BCUT2D eigenvalue weighted by atomic mass is 14.9. The van der Waals surface area contributed by atoms with Gasteiger partial charge >= 0.3 is 0 Å². The van der Waals surface area contributed by atoms with E-state index in [9.17, 15) is 0 Å². The molecular weight excluding hydrogens is 110 g/mol. The highest BCUT2D eigenvalue weighted by Gasteiger charge is 1.93. The van der Waals surface area contributed by atoms with Gasteiger partial charge in [0.2, 0.25) is 0 Å². The quantitative estimate of drug-likeness (QED) is 0.537. The molecule has 1 heterocycles. The summed E-state index contributed by atoms with van der Waals surface area (Å²) in [5.41, 5.74) is 2.77. The molecule has 0 saturated heterocycles. The van der Waals surface area contributed by atoms with Crippen LogP contribution in [0.3, 0.4) is 0 Å². The Labute approximate surface area is 56.3 Å². The summed E-state index contributed by atoms with van der Waals surface area (Å²) in [5, 5.41) is 0. The first-order chi connectivity index (χ1) is 4.24. The third-order valence-electron chi connectivity index (χ3n) is 1.72. The molecule has 0 aliphatic rings. The second kappa shape index (κ2) is 2.26. The van der Waals surface area contributed by atoms with Crippen molar-refractivity contribution in [1.82, 2.24) is 4.57 Å². The van der Waals surface area contributed by atoms with Crippen molar-refractivity contribution in [2.24, 2.45) is 7.05 Å². The van der Waals surface area contributed by atoms with E-state index in [2.05, 4.69) is 37.7 Å². The summed E-state index contributed by atoms with van der Waals surface area (Å²) in [5.74, 6) is 0. The minimum atomic E-state index is 1.14. The highest BCUT2D eigenvalue weighted by Crippen LogP contribution is 2.05. The average molecular weight is 123 g/mol. The molecule has 1 aromatic rings. The van der Waals surface area contributed by atoms with Crippen LogP contribution in [-0.2, 0) is 13.5 Å². The van der Waals surface area contributed by atoms with Crippen LogP contribution in [0.5, 0.6) is 0 Å². The molecule has 1 aromatic heterocycles. The molecule has 1 heteroatoms. The first-order valence-corrected chi connectivity index (χ1v) is 3.36. The van der Waals surface area contributed by atoms with Crippen molar-refractivity contribution in [2.45, 2.75) is 20.3 Å². The number of nitrogens with zero attached hydrogens (tertiary/aromatic N) is 1. The van der Waals surface area contributed by atoms with E-state index >= 15 is 0 Å². The fourth-order valence-corrected chi connectivity index (χ4v) is 0.951. The zero-order valence-electron chi connectivity index (χ0n) is 6.31. The van der Waals surface area contributed by atoms with Crippen LogP contribution in [0.15, 0.2) is 12.3 Å². The maximum Gasteiger partial charge on any atom is 0.0143 e. The fraction of sp³-hybridized carbons (Fsp3) is 0.500. The lowest BCUT2D eigenvalue weighted by Crippen LogP contribution is -1.85. The first-order valence-electron chi connectivity index (χ1n) is 3.36. The Balaban J connectivity index is 2.98. The van der Waals surface area contributed by atoms with E-state index in [1.165, 1.54) is 11.3 Å². The van der Waals surface area contributed by atoms with E-state index in [-0.39, 0.29) is 0 Å². The maximum atomic E-state index is 2.22. The van der Waals surface area contributed by atoms with Crippen molar-refractivity contribution in [2.75, 3.05) is 0 Å². The van der Waals surface area contributed by atoms with Gasteiger partial charge in [0.25, 0.3) is 0 Å². The average Bonchev–Trinajstić information content (AvgIpc) is 2.13. The summed E-state index contributed by atoms with van der Waals surface area (Å²) in [6, 6.07) is 2.22. The van der Waals surface area contributed by atoms with Crippen molar-refractivity contribution >= 4 is 0 Å². The molecule has 1 nitrogen and oxygen atoms in total. The molecule has 1 rings (SSSR count). The van der Waals surface area contributed by atoms with Crippen LogP contribution in [0.2, 0.25) is 0 Å². The summed E-state index contributed by atoms with van der Waals surface area (Å²) in [6.07, 6.45) is 3.32. The van der Waals surface area contributed by atoms with Crippen LogP contribution in [-0.4, -0.2) is 4.57 Å². The largest absolute Gasteiger partial charge is 0.354 e. The Morgan fingerprint density at radius 1 is 1.56 bits per heavy atom. The molecule has 0 spiro atoms. The van der Waals surface area contributed by atoms with E-state index < -0.39 is 0 Å². The first kappa shape index (κ1) is 6.40. The van der Waals surface area contributed by atoms with Crippen molar-refractivity contribution in [3.8, 4) is 0 Å². The molecule has 9 heavy (non-hydrogen) atoms. The predicted molar refractivity (Wildman–Crippen MR) is 39.5 cm³/mol. The van der Waals surface area contributed by atoms with Crippen LogP contribution >= 0.6 is 0 Å². The van der Waals surface area contributed by atoms with E-state index in [1.54, 1.807) is 0 Å². The molecule has 0 atom stereocenters. The lowest BCUT2D eigenvalue weighted by Gasteiger charge is -1.90. The summed E-state index contributed by atoms with van der Waals surface area (Å²) >= 11 is 0. The molecule has 0 unspecified atom stereocenters. The van der Waals surface area contributed by atoms with Gasteiger partial charge in [-0.1, -0.05) is 6.92 Å². The Morgan fingerprint density at radius 2 is 2.22 bits per heavy atom. The van der Waals surface area contributed by atoms with Gasteiger partial charge in [0.1, 0.15) is 0 Å². The van der Waals surface area contributed by atoms with Crippen LogP contribution < -0.4 is 0 Å². The molecule has 0 saturated carbocycles. The van der Waals surface area contributed by atoms with Gasteiger partial charge in [-0.05, 0) is 25.0 Å². The van der Waals surface area contributed by atoms with Crippen molar-refractivity contribution < 1.29 is 0 Å². The molecule has 0 amide bonds. The van der Waals surface area contributed by atoms with Crippen LogP contribution in [0.1, 0.15) is 18.2 Å². The zero-order valence-corrected chi connectivity index (χ0v) is 6.31. The molecule has 50 valence electrons. The number of aromatic nitrogens is 1. The standard InChI is InChI=1S/C8H13N/c1-4-8-5-7(2)9(3)6-8/h5-6H,4H2,1-3H3. The SMILES string of the molecule is CCc1cc(C)n(C)c1. The van der Waals surface area contributed by atoms with Crippen molar-refractivity contribution in [1.29, 1.82) is 0 Å². The van der Waals surface area contributed by atoms with Gasteiger partial charge in [-0.15, -0.1) is 0 Å². The molecule has 0 aromatic carbocycles. The molecule has 0 radical (unpaired) electrons. The van der Waals surface area contributed by atoms with Gasteiger partial charge in [0, 0.05) is 18.9 Å². The smallest absolute Gasteiger partial charge is 0.0143 e. The molecule has 0 aliphatic heterocycles. The minimum absolute atomic E-state index is 1.14. The Morgan fingerprint density at radius 3 is 2.44 bits per heavy atom. The zero-order chi connectivity index (χ0) is 6.85. The topological polar surface area (TPSA) is 4.93 Å². The maximum absolute atomic E-state index is 2.22. The monoisotopic (exact) mass is 123 g/mol. The predicted octanol–water partition coefficient (Wildman–Crippen LogP) is 1.90. The van der Waals surface area contributed by atoms with Gasteiger partial charge in [-0.25, -0.2) is 0 Å². The molecule has 0 fully saturated rings. The van der Waals surface area contributed by atoms with Crippen molar-refractivity contribution in [3.05, 3.63) is 23.5 Å². The summed E-state index contributed by atoms with van der Waals surface area (Å²) in [4.78, 5) is 0. The summed E-state index contributed by atoms with van der Waals surface area (Å²) < 4.78 is 2.15. The van der Waals surface area contributed by atoms with Crippen LogP contribution in [0.25, 0.3) is 0 Å². The second-order valence-electron chi connectivity index (χ2n) is 2.45. The number of rotatable bonds is 1. The van der Waals surface area contributed by atoms with E-state index in [0.717, 1.165) is 6.42 Å². The minimum Gasteiger partial charge on any atom is -0.354 e. The fourth-order valence-electron chi connectivity index (χ4n) is 0.951. The van der Waals surface area contributed by atoms with Gasteiger partial charge in [0.05, 0.1) is 0 Å². The van der Waals surface area contributed by atoms with E-state index in [0.29, 0.717) is 0 Å². The van der Waals surface area contributed by atoms with Crippen molar-refractivity contribution in [3.63, 3.8) is 0 Å². The van der Waals surface area contributed by atoms with Crippen LogP contribution in [0, 0.1) is 6.92 Å². The van der Waals surface area contributed by atoms with Gasteiger partial charge in [0.15, 0.2) is 0 Å². The van der Waals surface area contributed by atoms with E-state index in [4.69, 9.17) is 0 Å². The highest BCUT2D eigenvalue weighted by molar-refractivity contribution is 5.16. The summed E-state index contributed by atoms with van der Waals surface area (Å²) in [6.45, 7) is 4.30. The Kier molecular flexibility index (Phi) is 1.60. The Bertz CT molecular complexity index is 179. The van der Waals surface area contributed by atoms with Crippen LogP contribution in [0.4, 0.5) is 0 Å². The van der Waals surface area contributed by atoms with Gasteiger partial charge in [-0.3, -0.25) is 0 Å². The lowest BCUT2D eigenvalue weighted by molar-refractivity contribution is 0.878. The number of hydrogen-bond acceptors (Lipinski definition) is 0. The van der Waals surface area contributed by atoms with E-state index in [1.807, 2.05) is 0 Å².